The van der Waals surface area contributed by atoms with Gasteiger partial charge in [0.05, 0.1) is 3.57 Å². The molecule has 14 heavy (non-hydrogen) atoms. The van der Waals surface area contributed by atoms with Gasteiger partial charge in [-0.3, -0.25) is 4.68 Å². The third-order valence-electron chi connectivity index (χ3n) is 1.90. The maximum absolute atomic E-state index is 12.7. The fourth-order valence-electron chi connectivity index (χ4n) is 1.26. The molecule has 2 rings (SSSR count). The van der Waals surface area contributed by atoms with Crippen molar-refractivity contribution in [2.75, 3.05) is 0 Å². The highest BCUT2D eigenvalue weighted by Crippen LogP contribution is 2.23. The van der Waals surface area contributed by atoms with Crippen LogP contribution in [0.3, 0.4) is 0 Å². The fraction of sp³-hybridized carbons (Fsp3) is 0.100. The van der Waals surface area contributed by atoms with E-state index in [-0.39, 0.29) is 5.82 Å². The lowest BCUT2D eigenvalue weighted by Gasteiger charge is -1.96. The van der Waals surface area contributed by atoms with Gasteiger partial charge >= 0.3 is 0 Å². The van der Waals surface area contributed by atoms with E-state index >= 15 is 0 Å². The third kappa shape index (κ3) is 1.79. The molecule has 2 aromatic rings. The summed E-state index contributed by atoms with van der Waals surface area (Å²) in [7, 11) is 1.87. The predicted molar refractivity (Wildman–Crippen MR) is 61.3 cm³/mol. The van der Waals surface area contributed by atoms with E-state index in [0.717, 1.165) is 14.8 Å². The van der Waals surface area contributed by atoms with Crippen molar-refractivity contribution in [2.24, 2.45) is 7.05 Å². The molecule has 0 aliphatic rings. The van der Waals surface area contributed by atoms with Gasteiger partial charge in [0.2, 0.25) is 0 Å². The average Bonchev–Trinajstić information content (AvgIpc) is 2.47. The number of nitrogens with zero attached hydrogens (tertiary/aromatic N) is 2. The molecule has 0 saturated carbocycles. The molecule has 0 aliphatic heterocycles. The first-order chi connectivity index (χ1) is 6.66. The Labute approximate surface area is 94.9 Å². The van der Waals surface area contributed by atoms with Crippen LogP contribution in [0.2, 0.25) is 0 Å². The topological polar surface area (TPSA) is 17.8 Å². The SMILES string of the molecule is Cn1cc(I)c(-c2ccc(F)cc2)n1. The molecule has 0 amide bonds. The second-order valence-corrected chi connectivity index (χ2v) is 4.17. The Morgan fingerprint density at radius 1 is 1.29 bits per heavy atom. The van der Waals surface area contributed by atoms with E-state index in [1.54, 1.807) is 16.8 Å². The lowest BCUT2D eigenvalue weighted by Crippen LogP contribution is -1.87. The van der Waals surface area contributed by atoms with E-state index in [0.29, 0.717) is 0 Å². The molecule has 0 N–H and O–H groups in total. The Kier molecular flexibility index (Phi) is 2.54. The van der Waals surface area contributed by atoms with Crippen molar-refractivity contribution in [3.8, 4) is 11.3 Å². The van der Waals surface area contributed by atoms with Crippen LogP contribution in [0, 0.1) is 9.39 Å². The highest BCUT2D eigenvalue weighted by Gasteiger charge is 2.06. The van der Waals surface area contributed by atoms with Gasteiger partial charge in [0, 0.05) is 18.8 Å². The average molecular weight is 302 g/mol. The Bertz CT molecular complexity index is 448. The summed E-state index contributed by atoms with van der Waals surface area (Å²) in [5.41, 5.74) is 1.84. The molecule has 1 heterocycles. The van der Waals surface area contributed by atoms with E-state index in [9.17, 15) is 4.39 Å². The Balaban J connectivity index is 2.49. The van der Waals surface area contributed by atoms with Crippen LogP contribution in [0.25, 0.3) is 11.3 Å². The van der Waals surface area contributed by atoms with Crippen LogP contribution in [-0.2, 0) is 7.05 Å². The Morgan fingerprint density at radius 3 is 2.43 bits per heavy atom. The highest BCUT2D eigenvalue weighted by molar-refractivity contribution is 14.1. The normalized spacial score (nSPS) is 10.5. The van der Waals surface area contributed by atoms with Crippen molar-refractivity contribution in [2.45, 2.75) is 0 Å². The van der Waals surface area contributed by atoms with E-state index in [1.165, 1.54) is 12.1 Å². The molecule has 1 aromatic heterocycles. The molecule has 4 heteroatoms. The van der Waals surface area contributed by atoms with Crippen molar-refractivity contribution < 1.29 is 4.39 Å². The van der Waals surface area contributed by atoms with E-state index in [2.05, 4.69) is 27.7 Å². The van der Waals surface area contributed by atoms with Gasteiger partial charge in [-0.25, -0.2) is 4.39 Å². The van der Waals surface area contributed by atoms with Gasteiger partial charge in [-0.15, -0.1) is 0 Å². The summed E-state index contributed by atoms with van der Waals surface area (Å²) in [6, 6.07) is 6.36. The number of hydrogen-bond donors (Lipinski definition) is 0. The quantitative estimate of drug-likeness (QED) is 0.741. The summed E-state index contributed by atoms with van der Waals surface area (Å²) in [6.45, 7) is 0. The lowest BCUT2D eigenvalue weighted by molar-refractivity contribution is 0.628. The Hall–Kier alpha value is -0.910. The fourth-order valence-corrected chi connectivity index (χ4v) is 2.09. The predicted octanol–water partition coefficient (Wildman–Crippen LogP) is 2.83. The number of halogens is 2. The van der Waals surface area contributed by atoms with Gasteiger partial charge in [-0.1, -0.05) is 0 Å². The van der Waals surface area contributed by atoms with Gasteiger partial charge in [0.15, 0.2) is 0 Å². The molecule has 72 valence electrons. The van der Waals surface area contributed by atoms with Gasteiger partial charge in [-0.05, 0) is 46.9 Å². The van der Waals surface area contributed by atoms with Crippen molar-refractivity contribution in [3.05, 3.63) is 39.8 Å². The van der Waals surface area contributed by atoms with E-state index in [1.807, 2.05) is 13.2 Å². The van der Waals surface area contributed by atoms with Gasteiger partial charge < -0.3 is 0 Å². The number of aryl methyl sites for hydroxylation is 1. The summed E-state index contributed by atoms with van der Waals surface area (Å²) < 4.78 is 15.5. The lowest BCUT2D eigenvalue weighted by atomic mass is 10.1. The first kappa shape index (κ1) is 9.64. The van der Waals surface area contributed by atoms with Gasteiger partial charge in [-0.2, -0.15) is 5.10 Å². The Morgan fingerprint density at radius 2 is 1.93 bits per heavy atom. The van der Waals surface area contributed by atoms with Crippen molar-refractivity contribution in [3.63, 3.8) is 0 Å². The molecule has 0 spiro atoms. The van der Waals surface area contributed by atoms with Crippen LogP contribution in [0.15, 0.2) is 30.5 Å². The molecule has 0 aliphatic carbocycles. The minimum atomic E-state index is -0.223. The monoisotopic (exact) mass is 302 g/mol. The molecule has 2 nitrogen and oxygen atoms in total. The molecule has 1 aromatic carbocycles. The highest BCUT2D eigenvalue weighted by atomic mass is 127. The largest absolute Gasteiger partial charge is 0.274 e. The molecular formula is C10H8FIN2. The van der Waals surface area contributed by atoms with E-state index < -0.39 is 0 Å². The van der Waals surface area contributed by atoms with Crippen LogP contribution in [0.1, 0.15) is 0 Å². The van der Waals surface area contributed by atoms with Crippen molar-refractivity contribution in [1.29, 1.82) is 0 Å². The first-order valence-electron chi connectivity index (χ1n) is 4.12. The zero-order valence-electron chi connectivity index (χ0n) is 7.54. The summed E-state index contributed by atoms with van der Waals surface area (Å²) in [6.07, 6.45) is 1.93. The molecule has 0 unspecified atom stereocenters. The van der Waals surface area contributed by atoms with Crippen LogP contribution in [-0.4, -0.2) is 9.78 Å². The molecule has 0 atom stereocenters. The molecular weight excluding hydrogens is 294 g/mol. The smallest absolute Gasteiger partial charge is 0.123 e. The van der Waals surface area contributed by atoms with Crippen molar-refractivity contribution in [1.82, 2.24) is 9.78 Å². The molecule has 0 fully saturated rings. The number of benzene rings is 1. The van der Waals surface area contributed by atoms with Crippen LogP contribution in [0.5, 0.6) is 0 Å². The minimum absolute atomic E-state index is 0.223. The third-order valence-corrected chi connectivity index (χ3v) is 2.69. The second kappa shape index (κ2) is 3.68. The van der Waals surface area contributed by atoms with Crippen molar-refractivity contribution >= 4 is 22.6 Å². The summed E-state index contributed by atoms with van der Waals surface area (Å²) >= 11 is 2.22. The summed E-state index contributed by atoms with van der Waals surface area (Å²) in [5, 5.41) is 4.30. The zero-order chi connectivity index (χ0) is 10.1. The van der Waals surface area contributed by atoms with Gasteiger partial charge in [0.1, 0.15) is 11.5 Å². The van der Waals surface area contributed by atoms with E-state index in [4.69, 9.17) is 0 Å². The van der Waals surface area contributed by atoms with Crippen LogP contribution >= 0.6 is 22.6 Å². The number of hydrogen-bond acceptors (Lipinski definition) is 1. The van der Waals surface area contributed by atoms with Crippen LogP contribution in [0.4, 0.5) is 4.39 Å². The maximum atomic E-state index is 12.7. The zero-order valence-corrected chi connectivity index (χ0v) is 9.69. The molecule has 0 saturated heterocycles. The molecule has 0 bridgehead atoms. The summed E-state index contributed by atoms with van der Waals surface area (Å²) in [5.74, 6) is -0.223. The number of aromatic nitrogens is 2. The second-order valence-electron chi connectivity index (χ2n) is 3.01. The maximum Gasteiger partial charge on any atom is 0.123 e. The minimum Gasteiger partial charge on any atom is -0.274 e. The standard InChI is InChI=1S/C10H8FIN2/c1-14-6-9(12)10(13-14)7-2-4-8(11)5-3-7/h2-6H,1H3. The summed E-state index contributed by atoms with van der Waals surface area (Å²) in [4.78, 5) is 0. The molecule has 0 radical (unpaired) electrons. The van der Waals surface area contributed by atoms with Gasteiger partial charge in [0.25, 0.3) is 0 Å². The van der Waals surface area contributed by atoms with Crippen LogP contribution < -0.4 is 0 Å². The number of rotatable bonds is 1. The first-order valence-corrected chi connectivity index (χ1v) is 5.20.